The van der Waals surface area contributed by atoms with Crippen molar-refractivity contribution < 1.29 is 4.42 Å². The van der Waals surface area contributed by atoms with E-state index in [0.29, 0.717) is 0 Å². The van der Waals surface area contributed by atoms with Crippen LogP contribution in [0.5, 0.6) is 0 Å². The summed E-state index contributed by atoms with van der Waals surface area (Å²) in [5.41, 5.74) is 2.20. The number of hydrogen-bond donors (Lipinski definition) is 1. The van der Waals surface area contributed by atoms with Crippen LogP contribution >= 0.6 is 0 Å². The molecule has 1 aromatic carbocycles. The van der Waals surface area contributed by atoms with Gasteiger partial charge in [0, 0.05) is 23.9 Å². The van der Waals surface area contributed by atoms with Gasteiger partial charge >= 0.3 is 0 Å². The van der Waals surface area contributed by atoms with Gasteiger partial charge in [0.2, 0.25) is 0 Å². The van der Waals surface area contributed by atoms with E-state index in [4.69, 9.17) is 4.42 Å². The van der Waals surface area contributed by atoms with E-state index < -0.39 is 0 Å². The zero-order valence-corrected chi connectivity index (χ0v) is 9.29. The van der Waals surface area contributed by atoms with Gasteiger partial charge in [-0.1, -0.05) is 18.2 Å². The molecule has 1 aliphatic rings. The van der Waals surface area contributed by atoms with Gasteiger partial charge in [-0.3, -0.25) is 4.99 Å². The second kappa shape index (κ2) is 3.67. The number of aryl methyl sites for hydroxylation is 1. The number of rotatable bonds is 2. The zero-order valence-electron chi connectivity index (χ0n) is 9.29. The molecule has 0 saturated heterocycles. The molecular formula is C13H14N2O. The van der Waals surface area contributed by atoms with E-state index in [-0.39, 0.29) is 0 Å². The van der Waals surface area contributed by atoms with Crippen LogP contribution in [0.1, 0.15) is 11.3 Å². The zero-order chi connectivity index (χ0) is 11.0. The molecule has 0 amide bonds. The van der Waals surface area contributed by atoms with Crippen LogP contribution in [0.2, 0.25) is 0 Å². The average Bonchev–Trinajstić information content (AvgIpc) is 2.86. The Morgan fingerprint density at radius 1 is 1.44 bits per heavy atom. The first-order chi connectivity index (χ1) is 7.83. The van der Waals surface area contributed by atoms with Gasteiger partial charge < -0.3 is 9.73 Å². The molecule has 1 aliphatic heterocycles. The van der Waals surface area contributed by atoms with E-state index in [9.17, 15) is 0 Å². The number of para-hydroxylation sites is 1. The third-order valence-corrected chi connectivity index (χ3v) is 2.85. The van der Waals surface area contributed by atoms with Gasteiger partial charge in [0.15, 0.2) is 0 Å². The maximum atomic E-state index is 5.73. The van der Waals surface area contributed by atoms with Gasteiger partial charge in [-0.15, -0.1) is 0 Å². The van der Waals surface area contributed by atoms with Gasteiger partial charge in [0.05, 0.1) is 6.54 Å². The summed E-state index contributed by atoms with van der Waals surface area (Å²) in [6.45, 7) is 3.83. The average molecular weight is 214 g/mol. The maximum absolute atomic E-state index is 5.73. The van der Waals surface area contributed by atoms with Gasteiger partial charge in [0.25, 0.3) is 0 Å². The van der Waals surface area contributed by atoms with E-state index in [0.717, 1.165) is 36.7 Å². The molecule has 3 heteroatoms. The Hall–Kier alpha value is -1.77. The highest BCUT2D eigenvalue weighted by molar-refractivity contribution is 5.90. The number of nitrogens with zero attached hydrogens (tertiary/aromatic N) is 1. The molecule has 3 nitrogen and oxygen atoms in total. The summed E-state index contributed by atoms with van der Waals surface area (Å²) < 4.78 is 5.73. The lowest BCUT2D eigenvalue weighted by atomic mass is 10.1. The molecule has 0 spiro atoms. The fourth-order valence-electron chi connectivity index (χ4n) is 2.14. The molecule has 0 bridgehead atoms. The minimum Gasteiger partial charge on any atom is -0.461 e. The Morgan fingerprint density at radius 2 is 2.38 bits per heavy atom. The Bertz CT molecular complexity index is 554. The maximum Gasteiger partial charge on any atom is 0.137 e. The topological polar surface area (TPSA) is 37.5 Å². The van der Waals surface area contributed by atoms with Crippen LogP contribution < -0.4 is 5.32 Å². The van der Waals surface area contributed by atoms with E-state index in [1.54, 1.807) is 0 Å². The minimum absolute atomic E-state index is 0.838. The van der Waals surface area contributed by atoms with Crippen molar-refractivity contribution in [3.8, 4) is 0 Å². The van der Waals surface area contributed by atoms with Crippen LogP contribution in [0, 0.1) is 6.92 Å². The van der Waals surface area contributed by atoms with Crippen molar-refractivity contribution in [3.05, 3.63) is 35.6 Å². The van der Waals surface area contributed by atoms with Gasteiger partial charge in [-0.2, -0.15) is 0 Å². The Balaban J connectivity index is 2.02. The number of nitrogens with one attached hydrogen (secondary N) is 1. The van der Waals surface area contributed by atoms with E-state index in [1.165, 1.54) is 10.9 Å². The van der Waals surface area contributed by atoms with Crippen LogP contribution in [-0.2, 0) is 6.42 Å². The molecule has 16 heavy (non-hydrogen) atoms. The standard InChI is InChI=1S/C13H14N2O/c1-9-7-10-3-2-4-11(13(10)16-9)8-12-14-5-6-15-12/h2-4,7H,5-6,8H2,1H3,(H,14,15). The van der Waals surface area contributed by atoms with Gasteiger partial charge in [-0.05, 0) is 13.0 Å². The third kappa shape index (κ3) is 1.58. The third-order valence-electron chi connectivity index (χ3n) is 2.85. The number of aliphatic imine (C=N–C) groups is 1. The summed E-state index contributed by atoms with van der Waals surface area (Å²) in [4.78, 5) is 4.41. The van der Waals surface area contributed by atoms with Crippen LogP contribution in [0.4, 0.5) is 0 Å². The molecule has 0 aliphatic carbocycles. The number of furan rings is 1. The number of hydrogen-bond acceptors (Lipinski definition) is 3. The van der Waals surface area contributed by atoms with Crippen molar-refractivity contribution in [3.63, 3.8) is 0 Å². The van der Waals surface area contributed by atoms with Gasteiger partial charge in [0.1, 0.15) is 17.2 Å². The highest BCUT2D eigenvalue weighted by atomic mass is 16.3. The summed E-state index contributed by atoms with van der Waals surface area (Å²) in [7, 11) is 0. The van der Waals surface area contributed by atoms with Crippen molar-refractivity contribution in [2.24, 2.45) is 4.99 Å². The van der Waals surface area contributed by atoms with Gasteiger partial charge in [-0.25, -0.2) is 0 Å². The molecule has 0 radical (unpaired) electrons. The highest BCUT2D eigenvalue weighted by Gasteiger charge is 2.10. The second-order valence-electron chi connectivity index (χ2n) is 4.12. The Morgan fingerprint density at radius 3 is 3.19 bits per heavy atom. The van der Waals surface area contributed by atoms with Crippen molar-refractivity contribution in [2.75, 3.05) is 13.1 Å². The first-order valence-corrected chi connectivity index (χ1v) is 5.58. The Labute approximate surface area is 94.2 Å². The van der Waals surface area contributed by atoms with E-state index >= 15 is 0 Å². The molecule has 2 heterocycles. The summed E-state index contributed by atoms with van der Waals surface area (Å²) in [6, 6.07) is 8.33. The smallest absolute Gasteiger partial charge is 0.137 e. The Kier molecular flexibility index (Phi) is 2.17. The fourth-order valence-corrected chi connectivity index (χ4v) is 2.14. The van der Waals surface area contributed by atoms with Crippen LogP contribution in [0.3, 0.4) is 0 Å². The highest BCUT2D eigenvalue weighted by Crippen LogP contribution is 2.23. The second-order valence-corrected chi connectivity index (χ2v) is 4.12. The van der Waals surface area contributed by atoms with E-state index in [1.807, 2.05) is 6.92 Å². The van der Waals surface area contributed by atoms with Crippen LogP contribution in [0.25, 0.3) is 11.0 Å². The summed E-state index contributed by atoms with van der Waals surface area (Å²) >= 11 is 0. The SMILES string of the molecule is Cc1cc2cccc(CC3=NCCN3)c2o1. The summed E-state index contributed by atoms with van der Waals surface area (Å²) in [5.74, 6) is 2.03. The van der Waals surface area contributed by atoms with Crippen molar-refractivity contribution in [2.45, 2.75) is 13.3 Å². The minimum atomic E-state index is 0.838. The van der Waals surface area contributed by atoms with Crippen molar-refractivity contribution in [1.82, 2.24) is 5.32 Å². The molecule has 1 aromatic heterocycles. The molecular weight excluding hydrogens is 200 g/mol. The predicted octanol–water partition coefficient (Wildman–Crippen LogP) is 2.29. The number of fused-ring (bicyclic) bond motifs is 1. The predicted molar refractivity (Wildman–Crippen MR) is 65.0 cm³/mol. The lowest BCUT2D eigenvalue weighted by Gasteiger charge is -2.03. The molecule has 0 fully saturated rings. The number of benzene rings is 1. The molecule has 1 N–H and O–H groups in total. The normalized spacial score (nSPS) is 15.2. The van der Waals surface area contributed by atoms with Crippen LogP contribution in [0.15, 0.2) is 33.7 Å². The number of amidine groups is 1. The fraction of sp³-hybridized carbons (Fsp3) is 0.308. The first kappa shape index (κ1) is 9.46. The largest absolute Gasteiger partial charge is 0.461 e. The lowest BCUT2D eigenvalue weighted by Crippen LogP contribution is -2.20. The first-order valence-electron chi connectivity index (χ1n) is 5.58. The monoisotopic (exact) mass is 214 g/mol. The molecule has 0 saturated carbocycles. The molecule has 0 unspecified atom stereocenters. The van der Waals surface area contributed by atoms with Crippen LogP contribution in [-0.4, -0.2) is 18.9 Å². The molecule has 3 rings (SSSR count). The van der Waals surface area contributed by atoms with Crippen molar-refractivity contribution in [1.29, 1.82) is 0 Å². The summed E-state index contributed by atoms with van der Waals surface area (Å²) in [6.07, 6.45) is 0.838. The van der Waals surface area contributed by atoms with Crippen molar-refractivity contribution >= 4 is 16.8 Å². The van der Waals surface area contributed by atoms with E-state index in [2.05, 4.69) is 34.6 Å². The lowest BCUT2D eigenvalue weighted by molar-refractivity contribution is 0.575. The molecule has 0 atom stereocenters. The quantitative estimate of drug-likeness (QED) is 0.832. The molecule has 82 valence electrons. The summed E-state index contributed by atoms with van der Waals surface area (Å²) in [5, 5.41) is 4.46. The molecule has 2 aromatic rings.